The number of furan rings is 1. The number of hydrogen-bond acceptors (Lipinski definition) is 5. The number of hydrogen-bond donors (Lipinski definition) is 0. The van der Waals surface area contributed by atoms with Gasteiger partial charge in [0.15, 0.2) is 5.76 Å². The Morgan fingerprint density at radius 1 is 0.964 bits per heavy atom. The maximum atomic E-state index is 12.8. The summed E-state index contributed by atoms with van der Waals surface area (Å²) in [5, 5.41) is 0. The van der Waals surface area contributed by atoms with Crippen LogP contribution in [0.5, 0.6) is 0 Å². The first-order chi connectivity index (χ1) is 13.6. The Kier molecular flexibility index (Phi) is 5.32. The third-order valence-electron chi connectivity index (χ3n) is 5.69. The number of pyridine rings is 1. The highest BCUT2D eigenvalue weighted by Crippen LogP contribution is 2.21. The van der Waals surface area contributed by atoms with E-state index in [0.29, 0.717) is 37.5 Å². The van der Waals surface area contributed by atoms with Crippen molar-refractivity contribution in [2.45, 2.75) is 19.8 Å². The Balaban J connectivity index is 1.33. The molecule has 148 valence electrons. The van der Waals surface area contributed by atoms with Crippen LogP contribution in [0.15, 0.2) is 41.1 Å². The maximum Gasteiger partial charge on any atom is 0.289 e. The smallest absolute Gasteiger partial charge is 0.289 e. The third kappa shape index (κ3) is 3.88. The second-order valence-electron chi connectivity index (χ2n) is 7.64. The molecule has 7 heteroatoms. The van der Waals surface area contributed by atoms with Crippen molar-refractivity contribution < 1.29 is 14.0 Å². The lowest BCUT2D eigenvalue weighted by Crippen LogP contribution is -2.50. The molecule has 2 fully saturated rings. The normalized spacial score (nSPS) is 18.4. The summed E-state index contributed by atoms with van der Waals surface area (Å²) in [4.78, 5) is 35.4. The van der Waals surface area contributed by atoms with E-state index in [1.807, 2.05) is 12.1 Å². The van der Waals surface area contributed by atoms with E-state index in [-0.39, 0.29) is 11.8 Å². The van der Waals surface area contributed by atoms with Crippen LogP contribution in [0.25, 0.3) is 0 Å². The molecule has 0 aromatic carbocycles. The predicted molar refractivity (Wildman–Crippen MR) is 105 cm³/mol. The zero-order chi connectivity index (χ0) is 19.5. The van der Waals surface area contributed by atoms with Gasteiger partial charge in [-0.2, -0.15) is 0 Å². The lowest BCUT2D eigenvalue weighted by Gasteiger charge is -2.34. The first kappa shape index (κ1) is 18.5. The molecule has 2 aromatic rings. The van der Waals surface area contributed by atoms with Crippen LogP contribution >= 0.6 is 0 Å². The fourth-order valence-electron chi connectivity index (χ4n) is 3.79. The second kappa shape index (κ2) is 8.04. The second-order valence-corrected chi connectivity index (χ2v) is 7.64. The summed E-state index contributed by atoms with van der Waals surface area (Å²) < 4.78 is 5.18. The summed E-state index contributed by atoms with van der Waals surface area (Å²) in [7, 11) is 0. The molecular weight excluding hydrogens is 356 g/mol. The number of carbonyl (C=O) groups is 2. The van der Waals surface area contributed by atoms with E-state index < -0.39 is 0 Å². The molecule has 7 nitrogen and oxygen atoms in total. The molecular formula is C21H26N4O3. The van der Waals surface area contributed by atoms with E-state index in [2.05, 4.69) is 16.8 Å². The largest absolute Gasteiger partial charge is 0.459 e. The van der Waals surface area contributed by atoms with Gasteiger partial charge in [-0.15, -0.1) is 0 Å². The predicted octanol–water partition coefficient (Wildman–Crippen LogP) is 2.51. The highest BCUT2D eigenvalue weighted by Gasteiger charge is 2.27. The number of piperazine rings is 1. The van der Waals surface area contributed by atoms with Gasteiger partial charge in [-0.05, 0) is 43.0 Å². The van der Waals surface area contributed by atoms with E-state index in [1.165, 1.54) is 19.1 Å². The monoisotopic (exact) mass is 382 g/mol. The zero-order valence-electron chi connectivity index (χ0n) is 16.2. The third-order valence-corrected chi connectivity index (χ3v) is 5.69. The molecule has 28 heavy (non-hydrogen) atoms. The van der Waals surface area contributed by atoms with Crippen molar-refractivity contribution in [3.63, 3.8) is 0 Å². The molecule has 0 N–H and O–H groups in total. The Hall–Kier alpha value is -2.83. The lowest BCUT2D eigenvalue weighted by atomic mass is 9.99. The minimum Gasteiger partial charge on any atom is -0.459 e. The van der Waals surface area contributed by atoms with Gasteiger partial charge in [-0.1, -0.05) is 6.92 Å². The van der Waals surface area contributed by atoms with Crippen LogP contribution in [0.4, 0.5) is 5.82 Å². The number of piperidine rings is 1. The van der Waals surface area contributed by atoms with Gasteiger partial charge in [0.1, 0.15) is 5.82 Å². The number of amides is 2. The van der Waals surface area contributed by atoms with Crippen molar-refractivity contribution in [3.05, 3.63) is 48.0 Å². The van der Waals surface area contributed by atoms with Crippen LogP contribution in [-0.2, 0) is 0 Å². The van der Waals surface area contributed by atoms with Gasteiger partial charge in [-0.25, -0.2) is 4.98 Å². The van der Waals surface area contributed by atoms with Crippen molar-refractivity contribution in [1.29, 1.82) is 0 Å². The van der Waals surface area contributed by atoms with Crippen molar-refractivity contribution in [3.8, 4) is 0 Å². The lowest BCUT2D eigenvalue weighted by molar-refractivity contribution is 0.0518. The van der Waals surface area contributed by atoms with Gasteiger partial charge in [0.25, 0.3) is 11.8 Å². The quantitative estimate of drug-likeness (QED) is 0.816. The SMILES string of the molecule is CC1CCN(c2ccc(C(=O)N3CCN(C(=O)c4ccco4)CC3)cn2)CC1. The van der Waals surface area contributed by atoms with Crippen LogP contribution < -0.4 is 4.90 Å². The summed E-state index contributed by atoms with van der Waals surface area (Å²) in [6, 6.07) is 7.17. The molecule has 4 heterocycles. The maximum absolute atomic E-state index is 12.8. The Bertz CT molecular complexity index is 803. The van der Waals surface area contributed by atoms with E-state index in [0.717, 1.165) is 24.8 Å². The zero-order valence-corrected chi connectivity index (χ0v) is 16.2. The van der Waals surface area contributed by atoms with Gasteiger partial charge in [-0.3, -0.25) is 9.59 Å². The Morgan fingerprint density at radius 3 is 2.21 bits per heavy atom. The van der Waals surface area contributed by atoms with Crippen molar-refractivity contribution in [2.75, 3.05) is 44.2 Å². The van der Waals surface area contributed by atoms with Crippen molar-refractivity contribution in [2.24, 2.45) is 5.92 Å². The van der Waals surface area contributed by atoms with Crippen molar-refractivity contribution >= 4 is 17.6 Å². The van der Waals surface area contributed by atoms with Gasteiger partial charge in [0.05, 0.1) is 11.8 Å². The van der Waals surface area contributed by atoms with Crippen LogP contribution in [0.2, 0.25) is 0 Å². The fraction of sp³-hybridized carbons (Fsp3) is 0.476. The first-order valence-corrected chi connectivity index (χ1v) is 9.95. The van der Waals surface area contributed by atoms with E-state index in [4.69, 9.17) is 4.42 Å². The number of anilines is 1. The highest BCUT2D eigenvalue weighted by atomic mass is 16.3. The molecule has 0 atom stereocenters. The summed E-state index contributed by atoms with van der Waals surface area (Å²) in [5.74, 6) is 1.90. The summed E-state index contributed by atoms with van der Waals surface area (Å²) in [6.07, 6.45) is 5.54. The minimum absolute atomic E-state index is 0.0311. The molecule has 0 bridgehead atoms. The molecule has 0 saturated carbocycles. The van der Waals surface area contributed by atoms with Gasteiger partial charge in [0, 0.05) is 45.5 Å². The fourth-order valence-corrected chi connectivity index (χ4v) is 3.79. The number of nitrogens with zero attached hydrogens (tertiary/aromatic N) is 4. The highest BCUT2D eigenvalue weighted by molar-refractivity contribution is 5.95. The van der Waals surface area contributed by atoms with Crippen LogP contribution in [-0.4, -0.2) is 65.9 Å². The van der Waals surface area contributed by atoms with Gasteiger partial charge >= 0.3 is 0 Å². The molecule has 0 unspecified atom stereocenters. The van der Waals surface area contributed by atoms with Crippen LogP contribution in [0.3, 0.4) is 0 Å². The van der Waals surface area contributed by atoms with E-state index >= 15 is 0 Å². The molecule has 2 saturated heterocycles. The van der Waals surface area contributed by atoms with Gasteiger partial charge in [0.2, 0.25) is 0 Å². The number of aromatic nitrogens is 1. The number of carbonyl (C=O) groups excluding carboxylic acids is 2. The molecule has 0 spiro atoms. The average molecular weight is 382 g/mol. The first-order valence-electron chi connectivity index (χ1n) is 9.95. The van der Waals surface area contributed by atoms with Crippen LogP contribution in [0, 0.1) is 5.92 Å². The Morgan fingerprint density at radius 2 is 1.64 bits per heavy atom. The molecule has 2 aliphatic heterocycles. The van der Waals surface area contributed by atoms with E-state index in [9.17, 15) is 9.59 Å². The topological polar surface area (TPSA) is 69.9 Å². The molecule has 2 amide bonds. The molecule has 2 aliphatic rings. The minimum atomic E-state index is -0.126. The summed E-state index contributed by atoms with van der Waals surface area (Å²) in [6.45, 7) is 6.36. The molecule has 2 aromatic heterocycles. The molecule has 0 radical (unpaired) electrons. The molecule has 4 rings (SSSR count). The standard InChI is InChI=1S/C21H26N4O3/c1-16-6-8-23(9-7-16)19-5-4-17(15-22-19)20(26)24-10-12-25(13-11-24)21(27)18-3-2-14-28-18/h2-5,14-16H,6-13H2,1H3. The van der Waals surface area contributed by atoms with Crippen LogP contribution in [0.1, 0.15) is 40.7 Å². The van der Waals surface area contributed by atoms with Crippen molar-refractivity contribution in [1.82, 2.24) is 14.8 Å². The van der Waals surface area contributed by atoms with E-state index in [1.54, 1.807) is 28.1 Å². The Labute approximate surface area is 164 Å². The molecule has 0 aliphatic carbocycles. The number of rotatable bonds is 3. The average Bonchev–Trinajstić information content (AvgIpc) is 3.28. The summed E-state index contributed by atoms with van der Waals surface area (Å²) >= 11 is 0. The van der Waals surface area contributed by atoms with Gasteiger partial charge < -0.3 is 19.1 Å². The summed E-state index contributed by atoms with van der Waals surface area (Å²) in [5.41, 5.74) is 0.597.